The van der Waals surface area contributed by atoms with Crippen LogP contribution in [0.25, 0.3) is 0 Å². The fraction of sp³-hybridized carbons (Fsp3) is 0.667. The van der Waals surface area contributed by atoms with Gasteiger partial charge in [0.2, 0.25) is 0 Å². The van der Waals surface area contributed by atoms with Crippen LogP contribution in [0.1, 0.15) is 0 Å². The van der Waals surface area contributed by atoms with Crippen molar-refractivity contribution in [1.82, 2.24) is 0 Å². The van der Waals surface area contributed by atoms with E-state index in [1.165, 1.54) is 0 Å². The van der Waals surface area contributed by atoms with Gasteiger partial charge in [0.15, 0.2) is 0 Å². The highest BCUT2D eigenvalue weighted by atomic mass is 35.5. The zero-order valence-electron chi connectivity index (χ0n) is 4.64. The molecule has 0 aromatic rings. The molecule has 11 heavy (non-hydrogen) atoms. The summed E-state index contributed by atoms with van der Waals surface area (Å²) < 4.78 is -0.140. The third kappa shape index (κ3) is 1.76. The second-order valence-electron chi connectivity index (χ2n) is 1.55. The van der Waals surface area contributed by atoms with E-state index in [1.54, 1.807) is 0 Å². The van der Waals surface area contributed by atoms with Crippen LogP contribution in [0.15, 0.2) is 0 Å². The lowest BCUT2D eigenvalue weighted by atomic mass is 10.7. The van der Waals surface area contributed by atoms with Crippen molar-refractivity contribution < 1.29 is 19.3 Å². The summed E-state index contributed by atoms with van der Waals surface area (Å²) in [6, 6.07) is 0. The molecule has 1 heterocycles. The van der Waals surface area contributed by atoms with Gasteiger partial charge in [-0.3, -0.25) is 4.89 Å². The van der Waals surface area contributed by atoms with Gasteiger partial charge in [-0.1, -0.05) is 46.4 Å². The first-order valence-corrected chi connectivity index (χ1v) is 3.71. The normalized spacial score (nSPS) is 27.1. The molecule has 0 saturated carbocycles. The van der Waals surface area contributed by atoms with E-state index < -0.39 is 15.2 Å². The van der Waals surface area contributed by atoms with Crippen LogP contribution in [0, 0.1) is 0 Å². The maximum absolute atomic E-state index is 10.3. The summed E-state index contributed by atoms with van der Waals surface area (Å²) in [5.74, 6) is 0. The highest BCUT2D eigenvalue weighted by Crippen LogP contribution is 2.47. The summed E-state index contributed by atoms with van der Waals surface area (Å²) in [6.45, 7) is 0. The summed E-state index contributed by atoms with van der Waals surface area (Å²) in [7, 11) is 0. The third-order valence-electron chi connectivity index (χ3n) is 0.765. The SMILES string of the molecule is O=C1OOC(Cl)(Cl)C(Cl)(Cl)O1. The topological polar surface area (TPSA) is 44.8 Å². The molecular weight excluding hydrogens is 242 g/mol. The maximum Gasteiger partial charge on any atom is 0.543 e. The molecule has 0 radical (unpaired) electrons. The van der Waals surface area contributed by atoms with Crippen LogP contribution in [0.4, 0.5) is 4.79 Å². The molecule has 0 amide bonds. The average Bonchev–Trinajstić information content (AvgIpc) is 1.80. The molecular formula is C3Cl4O4. The van der Waals surface area contributed by atoms with E-state index in [0.29, 0.717) is 0 Å². The molecule has 0 spiro atoms. The summed E-state index contributed by atoms with van der Waals surface area (Å²) in [6.07, 6.45) is -1.22. The lowest BCUT2D eigenvalue weighted by Gasteiger charge is -2.32. The van der Waals surface area contributed by atoms with E-state index >= 15 is 0 Å². The van der Waals surface area contributed by atoms with Gasteiger partial charge in [0, 0.05) is 0 Å². The third-order valence-corrected chi connectivity index (χ3v) is 2.50. The van der Waals surface area contributed by atoms with Gasteiger partial charge < -0.3 is 4.74 Å². The number of hydrogen-bond donors (Lipinski definition) is 0. The maximum atomic E-state index is 10.3. The Morgan fingerprint density at radius 2 is 1.64 bits per heavy atom. The van der Waals surface area contributed by atoms with Gasteiger partial charge in [-0.25, -0.2) is 4.79 Å². The largest absolute Gasteiger partial charge is 0.543 e. The van der Waals surface area contributed by atoms with Gasteiger partial charge in [-0.15, -0.1) is 4.89 Å². The molecule has 8 heteroatoms. The van der Waals surface area contributed by atoms with Crippen LogP contribution in [0.5, 0.6) is 0 Å². The Kier molecular flexibility index (Phi) is 2.33. The van der Waals surface area contributed by atoms with Crippen molar-refractivity contribution in [3.8, 4) is 0 Å². The van der Waals surface area contributed by atoms with Crippen molar-refractivity contribution >= 4 is 52.6 Å². The molecule has 1 rings (SSSR count). The number of hydrogen-bond acceptors (Lipinski definition) is 4. The highest BCUT2D eigenvalue weighted by Gasteiger charge is 2.58. The van der Waals surface area contributed by atoms with Gasteiger partial charge in [-0.05, 0) is 0 Å². The predicted molar refractivity (Wildman–Crippen MR) is 37.5 cm³/mol. The van der Waals surface area contributed by atoms with Gasteiger partial charge in [0.25, 0.3) is 0 Å². The predicted octanol–water partition coefficient (Wildman–Crippen LogP) is 2.35. The molecule has 1 aliphatic rings. The van der Waals surface area contributed by atoms with Crippen molar-refractivity contribution in [3.63, 3.8) is 0 Å². The number of halogens is 4. The van der Waals surface area contributed by atoms with Crippen molar-refractivity contribution in [2.24, 2.45) is 0 Å². The van der Waals surface area contributed by atoms with E-state index in [1.807, 2.05) is 0 Å². The minimum absolute atomic E-state index is 1.22. The minimum atomic E-state index is -2.18. The van der Waals surface area contributed by atoms with Crippen LogP contribution in [0.3, 0.4) is 0 Å². The van der Waals surface area contributed by atoms with Gasteiger partial charge in [0.1, 0.15) is 0 Å². The Labute approximate surface area is 81.1 Å². The van der Waals surface area contributed by atoms with Gasteiger partial charge >= 0.3 is 15.2 Å². The standard InChI is InChI=1S/C3Cl4O4/c4-2(5)3(6,7)11-10-1(8)9-2. The first-order valence-electron chi connectivity index (χ1n) is 2.19. The van der Waals surface area contributed by atoms with E-state index in [9.17, 15) is 4.79 Å². The quantitative estimate of drug-likeness (QED) is 0.371. The van der Waals surface area contributed by atoms with E-state index in [2.05, 4.69) is 14.5 Å². The summed E-state index contributed by atoms with van der Waals surface area (Å²) in [5, 5.41) is 0. The Morgan fingerprint density at radius 3 is 2.00 bits per heavy atom. The molecule has 4 nitrogen and oxygen atoms in total. The van der Waals surface area contributed by atoms with Gasteiger partial charge in [0.05, 0.1) is 0 Å². The molecule has 1 saturated heterocycles. The average molecular weight is 242 g/mol. The van der Waals surface area contributed by atoms with Crippen molar-refractivity contribution in [2.45, 2.75) is 9.04 Å². The smallest absolute Gasteiger partial charge is 0.389 e. The number of cyclic esters (lactones) is 1. The summed E-state index contributed by atoms with van der Waals surface area (Å²) in [5.41, 5.74) is 0. The summed E-state index contributed by atoms with van der Waals surface area (Å²) in [4.78, 5) is 18.2. The number of rotatable bonds is 0. The lowest BCUT2D eigenvalue weighted by Crippen LogP contribution is -2.47. The first-order chi connectivity index (χ1) is 4.85. The molecule has 0 aliphatic carbocycles. The Hall–Kier alpha value is 0.390. The monoisotopic (exact) mass is 240 g/mol. The second kappa shape index (κ2) is 2.71. The molecule has 0 N–H and O–H groups in total. The van der Waals surface area contributed by atoms with E-state index in [0.717, 1.165) is 0 Å². The molecule has 0 aromatic heterocycles. The Bertz CT molecular complexity index is 190. The molecule has 0 atom stereocenters. The summed E-state index contributed by atoms with van der Waals surface area (Å²) >= 11 is 21.2. The molecule has 0 bridgehead atoms. The fourth-order valence-electron chi connectivity index (χ4n) is 0.316. The van der Waals surface area contributed by atoms with E-state index in [-0.39, 0.29) is 0 Å². The highest BCUT2D eigenvalue weighted by molar-refractivity contribution is 6.61. The number of carbonyl (C=O) groups excluding carboxylic acids is 1. The van der Waals surface area contributed by atoms with Crippen LogP contribution in [-0.2, 0) is 14.5 Å². The van der Waals surface area contributed by atoms with E-state index in [4.69, 9.17) is 46.4 Å². The van der Waals surface area contributed by atoms with Crippen molar-refractivity contribution in [1.29, 1.82) is 0 Å². The Balaban J connectivity index is 2.80. The van der Waals surface area contributed by atoms with Gasteiger partial charge in [-0.2, -0.15) is 0 Å². The number of ether oxygens (including phenoxy) is 1. The van der Waals surface area contributed by atoms with Crippen molar-refractivity contribution in [2.75, 3.05) is 0 Å². The first kappa shape index (κ1) is 9.48. The number of alkyl halides is 4. The fourth-order valence-corrected chi connectivity index (χ4v) is 0.645. The van der Waals surface area contributed by atoms with Crippen LogP contribution >= 0.6 is 46.4 Å². The van der Waals surface area contributed by atoms with Crippen LogP contribution < -0.4 is 0 Å². The molecule has 64 valence electrons. The van der Waals surface area contributed by atoms with Crippen LogP contribution in [0.2, 0.25) is 0 Å². The molecule has 1 fully saturated rings. The number of carbonyl (C=O) groups is 1. The Morgan fingerprint density at radius 1 is 1.09 bits per heavy atom. The molecule has 1 aliphatic heterocycles. The second-order valence-corrected chi connectivity index (χ2v) is 4.07. The van der Waals surface area contributed by atoms with Crippen molar-refractivity contribution in [3.05, 3.63) is 0 Å². The molecule has 0 unspecified atom stereocenters. The zero-order valence-corrected chi connectivity index (χ0v) is 7.67. The zero-order chi connectivity index (χ0) is 8.70. The minimum Gasteiger partial charge on any atom is -0.389 e. The molecule has 0 aromatic carbocycles. The lowest BCUT2D eigenvalue weighted by molar-refractivity contribution is -0.326. The van der Waals surface area contributed by atoms with Crippen LogP contribution in [-0.4, -0.2) is 15.2 Å².